The zero-order valence-electron chi connectivity index (χ0n) is 15.7. The molecule has 2 saturated heterocycles. The molecule has 2 fully saturated rings. The quantitative estimate of drug-likeness (QED) is 0.851. The minimum absolute atomic E-state index is 0.0361. The van der Waals surface area contributed by atoms with Crippen molar-refractivity contribution in [1.82, 2.24) is 15.5 Å². The Morgan fingerprint density at radius 1 is 1.15 bits per heavy atom. The molecule has 0 spiro atoms. The Morgan fingerprint density at radius 2 is 1.88 bits per heavy atom. The van der Waals surface area contributed by atoms with E-state index >= 15 is 0 Å². The molecule has 2 atom stereocenters. The van der Waals surface area contributed by atoms with E-state index in [1.807, 2.05) is 35.2 Å². The number of rotatable bonds is 5. The molecule has 2 unspecified atom stereocenters. The first-order valence-electron chi connectivity index (χ1n) is 10.1. The van der Waals surface area contributed by atoms with Gasteiger partial charge in [0.15, 0.2) is 0 Å². The Labute approximate surface area is 156 Å². The van der Waals surface area contributed by atoms with Crippen molar-refractivity contribution in [3.8, 4) is 0 Å². The molecule has 0 radical (unpaired) electrons. The van der Waals surface area contributed by atoms with Crippen molar-refractivity contribution >= 4 is 11.8 Å². The molecule has 1 aromatic carbocycles. The summed E-state index contributed by atoms with van der Waals surface area (Å²) in [6.45, 7) is 4.46. The highest BCUT2D eigenvalue weighted by Gasteiger charge is 2.30. The largest absolute Gasteiger partial charge is 0.352 e. The second-order valence-corrected chi connectivity index (χ2v) is 7.48. The van der Waals surface area contributed by atoms with Crippen molar-refractivity contribution in [2.75, 3.05) is 19.6 Å². The summed E-state index contributed by atoms with van der Waals surface area (Å²) in [5.74, 6) is 0.288. The number of hydrogen-bond donors (Lipinski definition) is 2. The molecule has 2 amide bonds. The topological polar surface area (TPSA) is 61.4 Å². The SMILES string of the molecule is CCC(C(=O)N1CCC(NC(=O)C2CCCCN2)CC1)c1ccccc1. The molecule has 0 saturated carbocycles. The van der Waals surface area contributed by atoms with Gasteiger partial charge in [0.2, 0.25) is 11.8 Å². The molecule has 2 heterocycles. The van der Waals surface area contributed by atoms with Gasteiger partial charge in [-0.25, -0.2) is 0 Å². The van der Waals surface area contributed by atoms with Gasteiger partial charge in [-0.3, -0.25) is 9.59 Å². The molecule has 0 bridgehead atoms. The molecule has 5 heteroatoms. The summed E-state index contributed by atoms with van der Waals surface area (Å²) >= 11 is 0. The summed E-state index contributed by atoms with van der Waals surface area (Å²) in [7, 11) is 0. The molecule has 5 nitrogen and oxygen atoms in total. The smallest absolute Gasteiger partial charge is 0.237 e. The summed E-state index contributed by atoms with van der Waals surface area (Å²) in [6, 6.07) is 10.2. The third kappa shape index (κ3) is 4.64. The van der Waals surface area contributed by atoms with Gasteiger partial charge >= 0.3 is 0 Å². The molecule has 26 heavy (non-hydrogen) atoms. The van der Waals surface area contributed by atoms with Crippen molar-refractivity contribution in [2.24, 2.45) is 0 Å². The number of hydrogen-bond acceptors (Lipinski definition) is 3. The van der Waals surface area contributed by atoms with E-state index in [1.165, 1.54) is 0 Å². The van der Waals surface area contributed by atoms with Gasteiger partial charge in [-0.1, -0.05) is 43.7 Å². The summed E-state index contributed by atoms with van der Waals surface area (Å²) < 4.78 is 0. The standard InChI is InChI=1S/C21H31N3O2/c1-2-18(16-8-4-3-5-9-16)21(26)24-14-11-17(12-15-24)23-20(25)19-10-6-7-13-22-19/h3-5,8-9,17-19,22H,2,6-7,10-15H2,1H3,(H,23,25). The molecular formula is C21H31N3O2. The van der Waals surface area contributed by atoms with Crippen molar-refractivity contribution < 1.29 is 9.59 Å². The van der Waals surface area contributed by atoms with E-state index in [0.717, 1.165) is 63.7 Å². The van der Waals surface area contributed by atoms with Crippen LogP contribution >= 0.6 is 0 Å². The summed E-state index contributed by atoms with van der Waals surface area (Å²) in [4.78, 5) is 27.3. The van der Waals surface area contributed by atoms with Crippen molar-refractivity contribution in [1.29, 1.82) is 0 Å². The maximum Gasteiger partial charge on any atom is 0.237 e. The Kier molecular flexibility index (Phi) is 6.67. The van der Waals surface area contributed by atoms with E-state index in [2.05, 4.69) is 17.6 Å². The van der Waals surface area contributed by atoms with Crippen LogP contribution in [0.5, 0.6) is 0 Å². The Balaban J connectivity index is 1.49. The maximum absolute atomic E-state index is 12.9. The second kappa shape index (κ2) is 9.17. The number of nitrogens with zero attached hydrogens (tertiary/aromatic N) is 1. The van der Waals surface area contributed by atoms with Crippen molar-refractivity contribution in [3.63, 3.8) is 0 Å². The normalized spacial score (nSPS) is 22.7. The molecule has 142 valence electrons. The van der Waals surface area contributed by atoms with Crippen LogP contribution < -0.4 is 10.6 Å². The third-order valence-corrected chi connectivity index (χ3v) is 5.69. The molecule has 0 aliphatic carbocycles. The summed E-state index contributed by atoms with van der Waals surface area (Å²) in [5.41, 5.74) is 1.10. The molecule has 1 aromatic rings. The average molecular weight is 357 g/mol. The van der Waals surface area contributed by atoms with Crippen LogP contribution in [0.1, 0.15) is 56.9 Å². The lowest BCUT2D eigenvalue weighted by molar-refractivity contribution is -0.134. The van der Waals surface area contributed by atoms with E-state index in [1.54, 1.807) is 0 Å². The first-order chi connectivity index (χ1) is 12.7. The Hall–Kier alpha value is -1.88. The summed E-state index contributed by atoms with van der Waals surface area (Å²) in [6.07, 6.45) is 5.70. The first-order valence-corrected chi connectivity index (χ1v) is 10.1. The number of nitrogens with one attached hydrogen (secondary N) is 2. The fraction of sp³-hybridized carbons (Fsp3) is 0.619. The summed E-state index contributed by atoms with van der Waals surface area (Å²) in [5, 5.41) is 6.48. The van der Waals surface area contributed by atoms with Crippen LogP contribution in [0.25, 0.3) is 0 Å². The lowest BCUT2D eigenvalue weighted by Crippen LogP contribution is -2.53. The fourth-order valence-corrected chi connectivity index (χ4v) is 4.08. The number of benzene rings is 1. The van der Waals surface area contributed by atoms with E-state index in [-0.39, 0.29) is 29.8 Å². The molecule has 0 aromatic heterocycles. The zero-order chi connectivity index (χ0) is 18.4. The zero-order valence-corrected chi connectivity index (χ0v) is 15.7. The van der Waals surface area contributed by atoms with Crippen LogP contribution in [0.3, 0.4) is 0 Å². The lowest BCUT2D eigenvalue weighted by atomic mass is 9.93. The number of amides is 2. The molecule has 3 rings (SSSR count). The van der Waals surface area contributed by atoms with E-state index < -0.39 is 0 Å². The van der Waals surface area contributed by atoms with Crippen LogP contribution in [-0.2, 0) is 9.59 Å². The van der Waals surface area contributed by atoms with Crippen LogP contribution in [-0.4, -0.2) is 48.4 Å². The van der Waals surface area contributed by atoms with Crippen LogP contribution in [0.2, 0.25) is 0 Å². The van der Waals surface area contributed by atoms with Gasteiger partial charge in [-0.2, -0.15) is 0 Å². The molecule has 2 aliphatic heterocycles. The lowest BCUT2D eigenvalue weighted by Gasteiger charge is -2.35. The fourth-order valence-electron chi connectivity index (χ4n) is 4.08. The van der Waals surface area contributed by atoms with E-state index in [4.69, 9.17) is 0 Å². The van der Waals surface area contributed by atoms with E-state index in [9.17, 15) is 9.59 Å². The van der Waals surface area contributed by atoms with Crippen LogP contribution in [0.4, 0.5) is 0 Å². The first kappa shape index (κ1) is 18.9. The van der Waals surface area contributed by atoms with Gasteiger partial charge in [-0.15, -0.1) is 0 Å². The minimum atomic E-state index is -0.0613. The van der Waals surface area contributed by atoms with Crippen LogP contribution in [0.15, 0.2) is 30.3 Å². The molecular weight excluding hydrogens is 326 g/mol. The Morgan fingerprint density at radius 3 is 2.50 bits per heavy atom. The van der Waals surface area contributed by atoms with Crippen molar-refractivity contribution in [2.45, 2.75) is 63.5 Å². The number of carbonyl (C=O) groups is 2. The van der Waals surface area contributed by atoms with Crippen molar-refractivity contribution in [3.05, 3.63) is 35.9 Å². The highest BCUT2D eigenvalue weighted by molar-refractivity contribution is 5.84. The molecule has 2 N–H and O–H groups in total. The maximum atomic E-state index is 12.9. The van der Waals surface area contributed by atoms with E-state index in [0.29, 0.717) is 0 Å². The van der Waals surface area contributed by atoms with Gasteiger partial charge in [0.1, 0.15) is 0 Å². The Bertz CT molecular complexity index is 591. The van der Waals surface area contributed by atoms with Gasteiger partial charge < -0.3 is 15.5 Å². The second-order valence-electron chi connectivity index (χ2n) is 7.48. The van der Waals surface area contributed by atoms with Gasteiger partial charge in [-0.05, 0) is 44.2 Å². The molecule has 2 aliphatic rings. The predicted molar refractivity (Wildman–Crippen MR) is 103 cm³/mol. The van der Waals surface area contributed by atoms with Gasteiger partial charge in [0.25, 0.3) is 0 Å². The van der Waals surface area contributed by atoms with Gasteiger partial charge in [0, 0.05) is 19.1 Å². The monoisotopic (exact) mass is 357 g/mol. The highest BCUT2D eigenvalue weighted by Crippen LogP contribution is 2.24. The van der Waals surface area contributed by atoms with Crippen LogP contribution in [0, 0.1) is 0 Å². The minimum Gasteiger partial charge on any atom is -0.352 e. The predicted octanol–water partition coefficient (Wildman–Crippen LogP) is 2.43. The third-order valence-electron chi connectivity index (χ3n) is 5.69. The number of likely N-dealkylation sites (tertiary alicyclic amines) is 1. The average Bonchev–Trinajstić information content (AvgIpc) is 2.70. The number of piperidine rings is 2. The highest BCUT2D eigenvalue weighted by atomic mass is 16.2. The van der Waals surface area contributed by atoms with Gasteiger partial charge in [0.05, 0.1) is 12.0 Å². The number of carbonyl (C=O) groups excluding carboxylic acids is 2.